The lowest BCUT2D eigenvalue weighted by Crippen LogP contribution is -2.05. The van der Waals surface area contributed by atoms with Crippen LogP contribution in [0, 0.1) is 0 Å². The van der Waals surface area contributed by atoms with Crippen LogP contribution in [0.3, 0.4) is 0 Å². The Hall–Kier alpha value is -2.55. The van der Waals surface area contributed by atoms with E-state index >= 15 is 0 Å². The number of nitrogens with zero attached hydrogens (tertiary/aromatic N) is 3. The van der Waals surface area contributed by atoms with Crippen molar-refractivity contribution in [3.8, 4) is 0 Å². The Morgan fingerprint density at radius 1 is 1.08 bits per heavy atom. The number of halogens is 4. The smallest absolute Gasteiger partial charge is 0.325 e. The normalized spacial score (nSPS) is 12.2. The van der Waals surface area contributed by atoms with E-state index in [2.05, 4.69) is 36.3 Å². The summed E-state index contributed by atoms with van der Waals surface area (Å²) in [5, 5.41) is 5.81. The first-order valence-electron chi connectivity index (χ1n) is 6.88. The van der Waals surface area contributed by atoms with Gasteiger partial charge in [-0.1, -0.05) is 22.0 Å². The molecular weight excluding hydrogens is 387 g/mol. The molecule has 0 radical (unpaired) electrons. The van der Waals surface area contributed by atoms with Crippen molar-refractivity contribution in [1.82, 2.24) is 19.6 Å². The van der Waals surface area contributed by atoms with E-state index in [0.29, 0.717) is 11.7 Å². The van der Waals surface area contributed by atoms with Crippen molar-refractivity contribution in [2.24, 2.45) is 0 Å². The Kier molecular flexibility index (Phi) is 3.27. The summed E-state index contributed by atoms with van der Waals surface area (Å²) in [6, 6.07) is 10.5. The van der Waals surface area contributed by atoms with Crippen LogP contribution in [0.4, 0.5) is 24.8 Å². The molecule has 0 bridgehead atoms. The van der Waals surface area contributed by atoms with Gasteiger partial charge in [0.05, 0.1) is 16.6 Å². The van der Waals surface area contributed by atoms with Gasteiger partial charge in [-0.25, -0.2) is 9.50 Å². The predicted octanol–water partition coefficient (Wildman–Crippen LogP) is 4.74. The van der Waals surface area contributed by atoms with E-state index < -0.39 is 11.7 Å². The second kappa shape index (κ2) is 5.23. The van der Waals surface area contributed by atoms with Gasteiger partial charge in [0.25, 0.3) is 5.78 Å². The molecule has 5 nitrogen and oxygen atoms in total. The van der Waals surface area contributed by atoms with Crippen LogP contribution >= 0.6 is 15.9 Å². The summed E-state index contributed by atoms with van der Waals surface area (Å²) in [5.74, 6) is 0.735. The van der Waals surface area contributed by atoms with Gasteiger partial charge in [0.2, 0.25) is 5.95 Å². The summed E-state index contributed by atoms with van der Waals surface area (Å²) in [4.78, 5) is 8.62. The van der Waals surface area contributed by atoms with E-state index in [1.165, 1.54) is 12.1 Å². The first kappa shape index (κ1) is 15.0. The largest absolute Gasteiger partial charge is 0.416 e. The van der Waals surface area contributed by atoms with Gasteiger partial charge in [0.15, 0.2) is 0 Å². The molecule has 0 amide bonds. The molecular formula is C15H9BrF3N5. The van der Waals surface area contributed by atoms with E-state index in [0.717, 1.165) is 27.6 Å². The molecule has 0 fully saturated rings. The van der Waals surface area contributed by atoms with E-state index in [1.807, 2.05) is 18.2 Å². The van der Waals surface area contributed by atoms with Crippen molar-refractivity contribution in [2.45, 2.75) is 6.18 Å². The van der Waals surface area contributed by atoms with Crippen molar-refractivity contribution >= 4 is 44.4 Å². The molecule has 0 aliphatic heterocycles. The highest BCUT2D eigenvalue weighted by molar-refractivity contribution is 9.10. The molecule has 0 aliphatic carbocycles. The van der Waals surface area contributed by atoms with Crippen LogP contribution in [-0.2, 0) is 6.18 Å². The first-order chi connectivity index (χ1) is 11.4. The molecule has 0 aliphatic rings. The molecule has 2 aromatic carbocycles. The number of hydrogen-bond acceptors (Lipinski definition) is 3. The fraction of sp³-hybridized carbons (Fsp3) is 0.0667. The number of imidazole rings is 1. The van der Waals surface area contributed by atoms with Crippen LogP contribution < -0.4 is 5.32 Å². The number of anilines is 2. The maximum Gasteiger partial charge on any atom is 0.416 e. The van der Waals surface area contributed by atoms with Crippen LogP contribution in [0.1, 0.15) is 5.56 Å². The van der Waals surface area contributed by atoms with Crippen molar-refractivity contribution in [1.29, 1.82) is 0 Å². The van der Waals surface area contributed by atoms with E-state index in [4.69, 9.17) is 0 Å². The van der Waals surface area contributed by atoms with Gasteiger partial charge in [0, 0.05) is 10.2 Å². The second-order valence-corrected chi connectivity index (χ2v) is 6.07. The Balaban J connectivity index is 1.70. The number of fused-ring (bicyclic) bond motifs is 3. The maximum atomic E-state index is 12.8. The van der Waals surface area contributed by atoms with Gasteiger partial charge < -0.3 is 5.32 Å². The summed E-state index contributed by atoms with van der Waals surface area (Å²) in [6.45, 7) is 0. The van der Waals surface area contributed by atoms with Crippen molar-refractivity contribution in [3.63, 3.8) is 0 Å². The molecule has 2 N–H and O–H groups in total. The molecule has 4 rings (SSSR count). The molecule has 2 heterocycles. The molecule has 122 valence electrons. The van der Waals surface area contributed by atoms with Crippen LogP contribution in [0.15, 0.2) is 46.9 Å². The number of nitrogens with one attached hydrogen (secondary N) is 2. The third-order valence-electron chi connectivity index (χ3n) is 3.48. The van der Waals surface area contributed by atoms with Gasteiger partial charge in [-0.2, -0.15) is 18.2 Å². The highest BCUT2D eigenvalue weighted by Gasteiger charge is 2.30. The van der Waals surface area contributed by atoms with Crippen LogP contribution in [0.2, 0.25) is 0 Å². The van der Waals surface area contributed by atoms with E-state index in [9.17, 15) is 13.2 Å². The lowest BCUT2D eigenvalue weighted by Gasteiger charge is -2.08. The number of aromatic nitrogens is 4. The zero-order chi connectivity index (χ0) is 16.9. The van der Waals surface area contributed by atoms with E-state index in [-0.39, 0.29) is 5.69 Å². The summed E-state index contributed by atoms with van der Waals surface area (Å²) in [5.41, 5.74) is 1.14. The van der Waals surface area contributed by atoms with Crippen LogP contribution in [-0.4, -0.2) is 19.6 Å². The third-order valence-corrected chi connectivity index (χ3v) is 3.97. The Morgan fingerprint density at radius 3 is 2.71 bits per heavy atom. The number of benzene rings is 2. The lowest BCUT2D eigenvalue weighted by molar-refractivity contribution is -0.137. The third kappa shape index (κ3) is 2.60. The summed E-state index contributed by atoms with van der Waals surface area (Å²) in [7, 11) is 0. The molecule has 2 aromatic heterocycles. The fourth-order valence-electron chi connectivity index (χ4n) is 2.42. The molecule has 0 unspecified atom stereocenters. The van der Waals surface area contributed by atoms with Crippen LogP contribution in [0.5, 0.6) is 0 Å². The molecule has 9 heteroatoms. The van der Waals surface area contributed by atoms with Crippen molar-refractivity contribution < 1.29 is 13.2 Å². The second-order valence-electron chi connectivity index (χ2n) is 5.16. The zero-order valence-corrected chi connectivity index (χ0v) is 13.5. The average molecular weight is 396 g/mol. The number of hydrogen-bond donors (Lipinski definition) is 2. The minimum atomic E-state index is -4.39. The van der Waals surface area contributed by atoms with Crippen molar-refractivity contribution in [3.05, 3.63) is 52.5 Å². The highest BCUT2D eigenvalue weighted by Crippen LogP contribution is 2.31. The average Bonchev–Trinajstić information content (AvgIpc) is 3.03. The summed E-state index contributed by atoms with van der Waals surface area (Å²) in [6.07, 6.45) is -4.39. The minimum absolute atomic E-state index is 0.286. The molecule has 0 spiro atoms. The fourth-order valence-corrected chi connectivity index (χ4v) is 2.77. The number of rotatable bonds is 2. The quantitative estimate of drug-likeness (QED) is 0.515. The molecule has 0 saturated heterocycles. The molecule has 24 heavy (non-hydrogen) atoms. The monoisotopic (exact) mass is 395 g/mol. The topological polar surface area (TPSA) is 58.0 Å². The van der Waals surface area contributed by atoms with Crippen molar-refractivity contribution in [2.75, 3.05) is 5.32 Å². The standard InChI is InChI=1S/C15H9BrF3N5/c16-9-4-5-12-11(7-9)21-14-22-13(23-24(12)14)20-10-3-1-2-8(6-10)15(17,18)19/h1-7H,(H2,20,21,22,23). The Morgan fingerprint density at radius 2 is 1.92 bits per heavy atom. The van der Waals surface area contributed by atoms with E-state index in [1.54, 1.807) is 4.52 Å². The first-order valence-corrected chi connectivity index (χ1v) is 7.67. The minimum Gasteiger partial charge on any atom is -0.325 e. The Bertz CT molecular complexity index is 1050. The highest BCUT2D eigenvalue weighted by atomic mass is 79.9. The molecule has 0 atom stereocenters. The van der Waals surface area contributed by atoms with Gasteiger partial charge in [0.1, 0.15) is 0 Å². The van der Waals surface area contributed by atoms with Crippen LogP contribution in [0.25, 0.3) is 16.8 Å². The summed E-state index contributed by atoms with van der Waals surface area (Å²) < 4.78 is 40.9. The SMILES string of the molecule is FC(F)(F)c1cccc(Nc2nc3nc4cc(Br)ccc4n3[nH]2)c1. The summed E-state index contributed by atoms with van der Waals surface area (Å²) >= 11 is 3.38. The lowest BCUT2D eigenvalue weighted by atomic mass is 10.2. The van der Waals surface area contributed by atoms with Gasteiger partial charge in [-0.3, -0.25) is 5.10 Å². The van der Waals surface area contributed by atoms with Gasteiger partial charge in [-0.15, -0.1) is 0 Å². The number of H-pyrrole nitrogens is 1. The zero-order valence-electron chi connectivity index (χ0n) is 11.9. The van der Waals surface area contributed by atoms with Gasteiger partial charge >= 0.3 is 6.18 Å². The molecule has 0 saturated carbocycles. The number of aromatic amines is 1. The van der Waals surface area contributed by atoms with Gasteiger partial charge in [-0.05, 0) is 36.4 Å². The Labute approximate surface area is 141 Å². The number of alkyl halides is 3. The predicted molar refractivity (Wildman–Crippen MR) is 87.3 cm³/mol. The maximum absolute atomic E-state index is 12.8. The molecule has 4 aromatic rings.